The van der Waals surface area contributed by atoms with Crippen molar-refractivity contribution in [3.05, 3.63) is 101 Å². The van der Waals surface area contributed by atoms with Crippen molar-refractivity contribution >= 4 is 63.7 Å². The number of anilines is 1. The van der Waals surface area contributed by atoms with E-state index in [1.54, 1.807) is 0 Å². The second kappa shape index (κ2) is 11.2. The zero-order chi connectivity index (χ0) is 24.0. The number of nitrogens with one attached hydrogen (secondary N) is 3. The van der Waals surface area contributed by atoms with Crippen LogP contribution in [0.5, 0.6) is 0 Å². The van der Waals surface area contributed by atoms with Gasteiger partial charge in [-0.25, -0.2) is 0 Å². The topological polar surface area (TPSA) is 53.2 Å². The monoisotopic (exact) mass is 519 g/mol. The Hall–Kier alpha value is -2.31. The van der Waals surface area contributed by atoms with Crippen molar-refractivity contribution < 1.29 is 4.79 Å². The minimum Gasteiger partial charge on any atom is -0.339 e. The summed E-state index contributed by atoms with van der Waals surface area (Å²) >= 11 is 24.0. The van der Waals surface area contributed by atoms with Gasteiger partial charge < -0.3 is 16.0 Å². The van der Waals surface area contributed by atoms with Crippen molar-refractivity contribution in [1.29, 1.82) is 0 Å². The normalized spacial score (nSPS) is 12.2. The summed E-state index contributed by atoms with van der Waals surface area (Å²) in [4.78, 5) is 13.4. The summed E-state index contributed by atoms with van der Waals surface area (Å²) in [7, 11) is 0. The van der Waals surface area contributed by atoms with Crippen LogP contribution in [0.4, 0.5) is 5.69 Å². The van der Waals surface area contributed by atoms with Gasteiger partial charge in [-0.2, -0.15) is 0 Å². The molecule has 0 saturated heterocycles. The van der Waals surface area contributed by atoms with E-state index >= 15 is 0 Å². The Balaban J connectivity index is 1.81. The lowest BCUT2D eigenvalue weighted by molar-refractivity contribution is -0.122. The van der Waals surface area contributed by atoms with Gasteiger partial charge in [0.2, 0.25) is 9.70 Å². The summed E-state index contributed by atoms with van der Waals surface area (Å²) in [5.41, 5.74) is 4.61. The van der Waals surface area contributed by atoms with Crippen LogP contribution in [-0.2, 0) is 4.79 Å². The molecule has 0 aromatic heterocycles. The molecule has 1 amide bonds. The number of halogens is 3. The van der Waals surface area contributed by atoms with E-state index in [0.717, 1.165) is 27.9 Å². The third kappa shape index (κ3) is 7.08. The van der Waals surface area contributed by atoms with E-state index in [2.05, 4.69) is 16.0 Å². The quantitative estimate of drug-likeness (QED) is 0.205. The fraction of sp³-hybridized carbons (Fsp3) is 0.200. The van der Waals surface area contributed by atoms with E-state index in [4.69, 9.17) is 47.0 Å². The molecule has 3 rings (SSSR count). The molecular formula is C25H24Cl3N3OS. The van der Waals surface area contributed by atoms with E-state index in [-0.39, 0.29) is 11.0 Å². The molecule has 8 heteroatoms. The fourth-order valence-electron chi connectivity index (χ4n) is 3.45. The van der Waals surface area contributed by atoms with Gasteiger partial charge in [-0.3, -0.25) is 4.79 Å². The minimum atomic E-state index is -1.86. The van der Waals surface area contributed by atoms with Crippen LogP contribution < -0.4 is 16.0 Å². The average molecular weight is 521 g/mol. The lowest BCUT2D eigenvalue weighted by atomic mass is 9.90. The van der Waals surface area contributed by atoms with Gasteiger partial charge in [0.15, 0.2) is 5.11 Å². The van der Waals surface area contributed by atoms with Crippen LogP contribution in [0, 0.1) is 13.8 Å². The van der Waals surface area contributed by atoms with E-state index < -0.39 is 15.9 Å². The number of carbonyl (C=O) groups excluding carboxylic acids is 1. The summed E-state index contributed by atoms with van der Waals surface area (Å²) in [5.74, 6) is -0.921. The van der Waals surface area contributed by atoms with Crippen molar-refractivity contribution in [3.8, 4) is 0 Å². The maximum Gasteiger partial charge on any atom is 0.233 e. The Kier molecular flexibility index (Phi) is 8.60. The number of hydrogen-bond donors (Lipinski definition) is 3. The van der Waals surface area contributed by atoms with Crippen molar-refractivity contribution in [2.45, 2.75) is 29.7 Å². The van der Waals surface area contributed by atoms with Gasteiger partial charge in [-0.15, -0.1) is 0 Å². The Bertz CT molecular complexity index is 1070. The van der Waals surface area contributed by atoms with Gasteiger partial charge in [0.1, 0.15) is 6.17 Å². The highest BCUT2D eigenvalue weighted by Crippen LogP contribution is 2.31. The summed E-state index contributed by atoms with van der Waals surface area (Å²) < 4.78 is -1.86. The molecule has 0 aliphatic carbocycles. The molecule has 3 N–H and O–H groups in total. The smallest absolute Gasteiger partial charge is 0.233 e. The molecule has 172 valence electrons. The Morgan fingerprint density at radius 1 is 0.848 bits per heavy atom. The first-order valence-corrected chi connectivity index (χ1v) is 11.8. The number of hydrogen-bond acceptors (Lipinski definition) is 2. The molecule has 0 aliphatic heterocycles. The molecule has 0 bridgehead atoms. The maximum absolute atomic E-state index is 13.4. The molecule has 3 aromatic carbocycles. The second-order valence-corrected chi connectivity index (χ2v) is 10.4. The van der Waals surface area contributed by atoms with E-state index in [1.807, 2.05) is 92.7 Å². The molecule has 0 radical (unpaired) electrons. The van der Waals surface area contributed by atoms with E-state index in [1.165, 1.54) is 0 Å². The number of rotatable bonds is 6. The third-order valence-electron chi connectivity index (χ3n) is 5.05. The van der Waals surface area contributed by atoms with Gasteiger partial charge in [0.05, 0.1) is 5.92 Å². The number of alkyl halides is 3. The predicted molar refractivity (Wildman–Crippen MR) is 142 cm³/mol. The minimum absolute atomic E-state index is 0.217. The van der Waals surface area contributed by atoms with Gasteiger partial charge in [-0.05, 0) is 48.8 Å². The lowest BCUT2D eigenvalue weighted by Crippen LogP contribution is -2.57. The van der Waals surface area contributed by atoms with Crippen LogP contribution in [0.1, 0.15) is 28.2 Å². The van der Waals surface area contributed by atoms with Crippen LogP contribution in [0.2, 0.25) is 0 Å². The molecule has 33 heavy (non-hydrogen) atoms. The van der Waals surface area contributed by atoms with E-state index in [9.17, 15) is 4.79 Å². The second-order valence-electron chi connectivity index (χ2n) is 7.65. The molecule has 0 spiro atoms. The SMILES string of the molecule is Cc1ccc(NC(=S)N[C@H](NC(=O)C(c2ccccc2)c2ccccc2)C(Cl)(Cl)Cl)c(C)c1. The highest BCUT2D eigenvalue weighted by molar-refractivity contribution is 7.80. The van der Waals surface area contributed by atoms with Crippen molar-refractivity contribution in [3.63, 3.8) is 0 Å². The number of amides is 1. The molecule has 0 aliphatic rings. The van der Waals surface area contributed by atoms with Gasteiger partial charge in [0, 0.05) is 5.69 Å². The van der Waals surface area contributed by atoms with Crippen LogP contribution in [0.3, 0.4) is 0 Å². The standard InChI is InChI=1S/C25H24Cl3N3OS/c1-16-13-14-20(17(2)15-16)29-24(33)31-23(25(26,27)28)30-22(32)21(18-9-5-3-6-10-18)19-11-7-4-8-12-19/h3-15,21,23H,1-2H3,(H,30,32)(H2,29,31,33)/t23-/m0/s1. The molecular weight excluding hydrogens is 497 g/mol. The molecule has 0 heterocycles. The number of carbonyl (C=O) groups is 1. The highest BCUT2D eigenvalue weighted by Gasteiger charge is 2.36. The molecule has 0 unspecified atom stereocenters. The largest absolute Gasteiger partial charge is 0.339 e. The predicted octanol–water partition coefficient (Wildman–Crippen LogP) is 6.23. The molecule has 0 saturated carbocycles. The van der Waals surface area contributed by atoms with Crippen LogP contribution >= 0.6 is 47.0 Å². The first-order chi connectivity index (χ1) is 15.6. The van der Waals surface area contributed by atoms with Crippen LogP contribution in [0.15, 0.2) is 78.9 Å². The highest BCUT2D eigenvalue weighted by atomic mass is 35.6. The van der Waals surface area contributed by atoms with Crippen molar-refractivity contribution in [2.24, 2.45) is 0 Å². The fourth-order valence-corrected chi connectivity index (χ4v) is 4.01. The summed E-state index contributed by atoms with van der Waals surface area (Å²) in [6.07, 6.45) is -1.07. The summed E-state index contributed by atoms with van der Waals surface area (Å²) in [6.45, 7) is 3.98. The van der Waals surface area contributed by atoms with Crippen LogP contribution in [0.25, 0.3) is 0 Å². The van der Waals surface area contributed by atoms with Crippen LogP contribution in [-0.4, -0.2) is 21.0 Å². The molecule has 3 aromatic rings. The zero-order valence-corrected chi connectivity index (χ0v) is 21.2. The number of thiocarbonyl (C=S) groups is 1. The number of aryl methyl sites for hydroxylation is 2. The summed E-state index contributed by atoms with van der Waals surface area (Å²) in [6, 6.07) is 24.8. The average Bonchev–Trinajstić information content (AvgIpc) is 2.76. The van der Waals surface area contributed by atoms with Gasteiger partial charge in [-0.1, -0.05) is 113 Å². The first kappa shape index (κ1) is 25.3. The number of benzene rings is 3. The van der Waals surface area contributed by atoms with Gasteiger partial charge in [0.25, 0.3) is 0 Å². The zero-order valence-electron chi connectivity index (χ0n) is 18.1. The van der Waals surface area contributed by atoms with Crippen molar-refractivity contribution in [1.82, 2.24) is 10.6 Å². The van der Waals surface area contributed by atoms with Gasteiger partial charge >= 0.3 is 0 Å². The summed E-state index contributed by atoms with van der Waals surface area (Å²) in [5, 5.41) is 9.07. The first-order valence-electron chi connectivity index (χ1n) is 10.3. The molecule has 4 nitrogen and oxygen atoms in total. The lowest BCUT2D eigenvalue weighted by Gasteiger charge is -2.30. The Morgan fingerprint density at radius 2 is 1.39 bits per heavy atom. The third-order valence-corrected chi connectivity index (χ3v) is 5.92. The molecule has 0 fully saturated rings. The molecule has 1 atom stereocenters. The van der Waals surface area contributed by atoms with Crippen molar-refractivity contribution in [2.75, 3.05) is 5.32 Å². The Labute approximate surface area is 214 Å². The van der Waals surface area contributed by atoms with E-state index in [0.29, 0.717) is 0 Å². The maximum atomic E-state index is 13.4. The Morgan fingerprint density at radius 3 is 1.88 bits per heavy atom.